The monoisotopic (exact) mass is 284 g/mol. The predicted molar refractivity (Wildman–Crippen MR) is 75.5 cm³/mol. The summed E-state index contributed by atoms with van der Waals surface area (Å²) >= 11 is 0. The van der Waals surface area contributed by atoms with Crippen molar-refractivity contribution in [2.75, 3.05) is 37.5 Å². The number of aliphatic hydroxyl groups is 1. The van der Waals surface area contributed by atoms with E-state index in [1.165, 1.54) is 6.07 Å². The van der Waals surface area contributed by atoms with Gasteiger partial charge in [-0.2, -0.15) is 0 Å². The van der Waals surface area contributed by atoms with Gasteiger partial charge < -0.3 is 25.6 Å². The van der Waals surface area contributed by atoms with E-state index in [0.29, 0.717) is 44.0 Å². The van der Waals surface area contributed by atoms with Gasteiger partial charge in [0.25, 0.3) is 0 Å². The maximum atomic E-state index is 13.7. The molecule has 2 rings (SSSR count). The molecule has 20 heavy (non-hydrogen) atoms. The van der Waals surface area contributed by atoms with Gasteiger partial charge in [-0.05, 0) is 19.8 Å². The summed E-state index contributed by atoms with van der Waals surface area (Å²) in [7, 11) is 0. The van der Waals surface area contributed by atoms with E-state index in [4.69, 9.17) is 15.2 Å². The van der Waals surface area contributed by atoms with E-state index in [-0.39, 0.29) is 12.4 Å². The Balaban J connectivity index is 2.25. The highest BCUT2D eigenvalue weighted by atomic mass is 19.1. The molecule has 1 aliphatic heterocycles. The summed E-state index contributed by atoms with van der Waals surface area (Å²) in [5.74, 6) is -0.329. The van der Waals surface area contributed by atoms with Crippen molar-refractivity contribution in [3.05, 3.63) is 17.9 Å². The molecule has 0 aliphatic carbocycles. The van der Waals surface area contributed by atoms with E-state index in [1.807, 2.05) is 0 Å². The smallest absolute Gasteiger partial charge is 0.167 e. The average Bonchev–Trinajstić information content (AvgIpc) is 2.45. The number of nitrogens with one attached hydrogen (secondary N) is 1. The Bertz CT molecular complexity index is 462. The second-order valence-electron chi connectivity index (χ2n) is 4.98. The van der Waals surface area contributed by atoms with Crippen LogP contribution in [0.15, 0.2) is 12.1 Å². The Morgan fingerprint density at radius 3 is 2.75 bits per heavy atom. The van der Waals surface area contributed by atoms with Gasteiger partial charge in [-0.25, -0.2) is 4.39 Å². The number of nitrogens with two attached hydrogens (primary N) is 1. The van der Waals surface area contributed by atoms with Crippen LogP contribution in [-0.2, 0) is 4.74 Å². The van der Waals surface area contributed by atoms with Crippen molar-refractivity contribution < 1.29 is 19.0 Å². The zero-order chi connectivity index (χ0) is 14.6. The molecule has 0 bridgehead atoms. The predicted octanol–water partition coefficient (Wildman–Crippen LogP) is 1.76. The Hall–Kier alpha value is -1.53. The van der Waals surface area contributed by atoms with E-state index < -0.39 is 11.4 Å². The van der Waals surface area contributed by atoms with E-state index in [9.17, 15) is 9.50 Å². The fourth-order valence-corrected chi connectivity index (χ4v) is 2.31. The van der Waals surface area contributed by atoms with Gasteiger partial charge in [0.15, 0.2) is 11.6 Å². The number of benzene rings is 1. The summed E-state index contributed by atoms with van der Waals surface area (Å²) in [5, 5.41) is 12.9. The van der Waals surface area contributed by atoms with Crippen LogP contribution in [-0.4, -0.2) is 37.1 Å². The third-order valence-corrected chi connectivity index (χ3v) is 3.56. The number of nitrogen functional groups attached to an aromatic ring is 1. The van der Waals surface area contributed by atoms with E-state index >= 15 is 0 Å². The zero-order valence-electron chi connectivity index (χ0n) is 11.6. The quantitative estimate of drug-likeness (QED) is 0.718. The van der Waals surface area contributed by atoms with Crippen molar-refractivity contribution in [1.82, 2.24) is 0 Å². The fraction of sp³-hybridized carbons (Fsp3) is 0.571. The summed E-state index contributed by atoms with van der Waals surface area (Å²) in [6.07, 6.45) is 1.34. The Kier molecular flexibility index (Phi) is 4.67. The first-order valence-corrected chi connectivity index (χ1v) is 6.79. The van der Waals surface area contributed by atoms with Gasteiger partial charge in [0.05, 0.1) is 30.1 Å². The highest BCUT2D eigenvalue weighted by molar-refractivity contribution is 5.69. The third kappa shape index (κ3) is 3.13. The molecule has 4 N–H and O–H groups in total. The minimum atomic E-state index is -0.486. The topological polar surface area (TPSA) is 76.7 Å². The maximum Gasteiger partial charge on any atom is 0.167 e. The normalized spacial score (nSPS) is 17.8. The fourth-order valence-electron chi connectivity index (χ4n) is 2.31. The Labute approximate surface area is 117 Å². The number of hydrogen-bond acceptors (Lipinski definition) is 5. The number of aliphatic hydroxyl groups excluding tert-OH is 1. The van der Waals surface area contributed by atoms with Crippen LogP contribution in [0.25, 0.3) is 0 Å². The van der Waals surface area contributed by atoms with Crippen molar-refractivity contribution in [3.63, 3.8) is 0 Å². The SMILES string of the molecule is CCOc1cc(NC2(CO)CCOCC2)c(N)cc1F. The first kappa shape index (κ1) is 14.9. The molecule has 0 aromatic heterocycles. The van der Waals surface area contributed by atoms with Crippen molar-refractivity contribution in [1.29, 1.82) is 0 Å². The van der Waals surface area contributed by atoms with Crippen LogP contribution < -0.4 is 15.8 Å². The molecule has 1 fully saturated rings. The van der Waals surface area contributed by atoms with Gasteiger partial charge in [-0.3, -0.25) is 0 Å². The number of rotatable bonds is 5. The van der Waals surface area contributed by atoms with Crippen LogP contribution >= 0.6 is 0 Å². The van der Waals surface area contributed by atoms with Crippen molar-refractivity contribution in [3.8, 4) is 5.75 Å². The second kappa shape index (κ2) is 6.28. The van der Waals surface area contributed by atoms with Crippen molar-refractivity contribution >= 4 is 11.4 Å². The molecule has 5 nitrogen and oxygen atoms in total. The molecule has 112 valence electrons. The third-order valence-electron chi connectivity index (χ3n) is 3.56. The minimum Gasteiger partial charge on any atom is -0.491 e. The lowest BCUT2D eigenvalue weighted by Gasteiger charge is -2.37. The molecule has 1 aromatic rings. The first-order valence-electron chi connectivity index (χ1n) is 6.79. The van der Waals surface area contributed by atoms with E-state index in [0.717, 1.165) is 0 Å². The molecule has 0 amide bonds. The summed E-state index contributed by atoms with van der Waals surface area (Å²) in [4.78, 5) is 0. The lowest BCUT2D eigenvalue weighted by atomic mass is 9.90. The lowest BCUT2D eigenvalue weighted by Crippen LogP contribution is -2.47. The average molecular weight is 284 g/mol. The molecule has 0 radical (unpaired) electrons. The van der Waals surface area contributed by atoms with Crippen LogP contribution in [0, 0.1) is 5.82 Å². The summed E-state index contributed by atoms with van der Waals surface area (Å²) in [5.41, 5.74) is 6.24. The molecule has 1 heterocycles. The zero-order valence-corrected chi connectivity index (χ0v) is 11.6. The van der Waals surface area contributed by atoms with Crippen LogP contribution in [0.3, 0.4) is 0 Å². The van der Waals surface area contributed by atoms with Crippen LogP contribution in [0.2, 0.25) is 0 Å². The molecule has 0 spiro atoms. The summed E-state index contributed by atoms with van der Waals surface area (Å²) < 4.78 is 24.2. The van der Waals surface area contributed by atoms with Gasteiger partial charge in [0.1, 0.15) is 0 Å². The van der Waals surface area contributed by atoms with Gasteiger partial charge in [0.2, 0.25) is 0 Å². The van der Waals surface area contributed by atoms with Gasteiger partial charge in [-0.15, -0.1) is 0 Å². The standard InChI is InChI=1S/C14H21FN2O3/c1-2-20-13-8-12(11(16)7-10(13)15)17-14(9-18)3-5-19-6-4-14/h7-8,17-18H,2-6,9,16H2,1H3. The first-order chi connectivity index (χ1) is 9.60. The van der Waals surface area contributed by atoms with Crippen molar-refractivity contribution in [2.45, 2.75) is 25.3 Å². The molecule has 0 atom stereocenters. The van der Waals surface area contributed by atoms with Gasteiger partial charge in [-0.1, -0.05) is 0 Å². The molecule has 1 saturated heterocycles. The maximum absolute atomic E-state index is 13.7. The highest BCUT2D eigenvalue weighted by Crippen LogP contribution is 2.33. The van der Waals surface area contributed by atoms with Gasteiger partial charge >= 0.3 is 0 Å². The molecule has 1 aromatic carbocycles. The Morgan fingerprint density at radius 1 is 1.45 bits per heavy atom. The van der Waals surface area contributed by atoms with E-state index in [1.54, 1.807) is 13.0 Å². The number of hydrogen-bond donors (Lipinski definition) is 3. The number of halogens is 1. The molecule has 1 aliphatic rings. The van der Waals surface area contributed by atoms with E-state index in [2.05, 4.69) is 5.32 Å². The number of ether oxygens (including phenoxy) is 2. The lowest BCUT2D eigenvalue weighted by molar-refractivity contribution is 0.0380. The molecule has 6 heteroatoms. The van der Waals surface area contributed by atoms with Crippen molar-refractivity contribution in [2.24, 2.45) is 0 Å². The highest BCUT2D eigenvalue weighted by Gasteiger charge is 2.32. The molecule has 0 saturated carbocycles. The largest absolute Gasteiger partial charge is 0.491 e. The minimum absolute atomic E-state index is 0.0306. The van der Waals surface area contributed by atoms with Gasteiger partial charge in [0, 0.05) is 25.3 Å². The summed E-state index contributed by atoms with van der Waals surface area (Å²) in [6.45, 7) is 3.28. The second-order valence-corrected chi connectivity index (χ2v) is 4.98. The van der Waals surface area contributed by atoms with Crippen LogP contribution in [0.4, 0.5) is 15.8 Å². The molecular weight excluding hydrogens is 263 g/mol. The summed E-state index contributed by atoms with van der Waals surface area (Å²) in [6, 6.07) is 2.78. The number of anilines is 2. The Morgan fingerprint density at radius 2 is 2.15 bits per heavy atom. The molecular formula is C14H21FN2O3. The van der Waals surface area contributed by atoms with Crippen LogP contribution in [0.1, 0.15) is 19.8 Å². The molecule has 0 unspecified atom stereocenters. The van der Waals surface area contributed by atoms with Crippen LogP contribution in [0.5, 0.6) is 5.75 Å².